The standard InChI is InChI=1S/C18H22N2O6/c1-4-26-18(24)12-7-5-6-11(2)14(12)19-15-13(17(23)25-3)10-20(8-9-21)16(15)22/h5-7,19,21H,4,8-10H2,1-3H3. The number of benzene rings is 1. The molecule has 1 aliphatic heterocycles. The molecule has 8 nitrogen and oxygen atoms in total. The quantitative estimate of drug-likeness (QED) is 0.693. The van der Waals surface area contributed by atoms with Crippen molar-refractivity contribution in [1.82, 2.24) is 4.90 Å². The minimum atomic E-state index is -0.646. The molecule has 0 saturated carbocycles. The van der Waals surface area contributed by atoms with Crippen LogP contribution in [0.5, 0.6) is 0 Å². The second kappa shape index (κ2) is 8.48. The minimum Gasteiger partial charge on any atom is -0.466 e. The molecule has 0 bridgehead atoms. The zero-order valence-electron chi connectivity index (χ0n) is 15.0. The van der Waals surface area contributed by atoms with E-state index in [4.69, 9.17) is 14.6 Å². The number of esters is 2. The SMILES string of the molecule is CCOC(=O)c1cccc(C)c1NC1=C(C(=O)OC)CN(CCO)C1=O. The number of rotatable bonds is 7. The number of hydrogen-bond acceptors (Lipinski definition) is 7. The number of para-hydroxylation sites is 1. The Balaban J connectivity index is 2.45. The second-order valence-corrected chi connectivity index (χ2v) is 5.64. The average Bonchev–Trinajstić information content (AvgIpc) is 2.93. The van der Waals surface area contributed by atoms with Gasteiger partial charge in [-0.2, -0.15) is 0 Å². The van der Waals surface area contributed by atoms with Gasteiger partial charge in [0.05, 0.1) is 43.7 Å². The fraction of sp³-hybridized carbons (Fsp3) is 0.389. The van der Waals surface area contributed by atoms with E-state index in [0.29, 0.717) is 11.3 Å². The van der Waals surface area contributed by atoms with Gasteiger partial charge in [0.15, 0.2) is 0 Å². The van der Waals surface area contributed by atoms with Gasteiger partial charge in [-0.15, -0.1) is 0 Å². The molecule has 1 aromatic carbocycles. The fourth-order valence-corrected chi connectivity index (χ4v) is 2.69. The Hall–Kier alpha value is -2.87. The van der Waals surface area contributed by atoms with Gasteiger partial charge in [-0.05, 0) is 25.5 Å². The largest absolute Gasteiger partial charge is 0.466 e. The molecular formula is C18H22N2O6. The van der Waals surface area contributed by atoms with Gasteiger partial charge in [0.1, 0.15) is 5.70 Å². The zero-order chi connectivity index (χ0) is 19.3. The molecule has 0 unspecified atom stereocenters. The van der Waals surface area contributed by atoms with Crippen molar-refractivity contribution in [1.29, 1.82) is 0 Å². The van der Waals surface area contributed by atoms with Crippen molar-refractivity contribution >= 4 is 23.5 Å². The molecule has 0 atom stereocenters. The van der Waals surface area contributed by atoms with Gasteiger partial charge < -0.3 is 24.8 Å². The monoisotopic (exact) mass is 362 g/mol. The first kappa shape index (κ1) is 19.5. The van der Waals surface area contributed by atoms with Crippen LogP contribution < -0.4 is 5.32 Å². The van der Waals surface area contributed by atoms with Gasteiger partial charge in [-0.3, -0.25) is 4.79 Å². The van der Waals surface area contributed by atoms with Crippen LogP contribution in [0.2, 0.25) is 0 Å². The maximum absolute atomic E-state index is 12.6. The molecule has 1 aromatic rings. The maximum Gasteiger partial charge on any atom is 0.340 e. The molecule has 26 heavy (non-hydrogen) atoms. The number of carbonyl (C=O) groups excluding carboxylic acids is 3. The van der Waals surface area contributed by atoms with E-state index in [-0.39, 0.29) is 43.1 Å². The predicted molar refractivity (Wildman–Crippen MR) is 93.5 cm³/mol. The summed E-state index contributed by atoms with van der Waals surface area (Å²) in [6.07, 6.45) is 0. The molecule has 1 amide bonds. The van der Waals surface area contributed by atoms with E-state index in [1.54, 1.807) is 32.0 Å². The summed E-state index contributed by atoms with van der Waals surface area (Å²) in [5, 5.41) is 12.0. The number of aliphatic hydroxyl groups is 1. The van der Waals surface area contributed by atoms with Gasteiger partial charge in [-0.1, -0.05) is 12.1 Å². The van der Waals surface area contributed by atoms with Crippen LogP contribution in [0.1, 0.15) is 22.8 Å². The lowest BCUT2D eigenvalue weighted by atomic mass is 10.1. The topological polar surface area (TPSA) is 105 Å². The van der Waals surface area contributed by atoms with Crippen LogP contribution in [0.4, 0.5) is 5.69 Å². The van der Waals surface area contributed by atoms with Crippen LogP contribution in [0.3, 0.4) is 0 Å². The Morgan fingerprint density at radius 2 is 2.04 bits per heavy atom. The van der Waals surface area contributed by atoms with Crippen LogP contribution in [0, 0.1) is 6.92 Å². The number of amides is 1. The summed E-state index contributed by atoms with van der Waals surface area (Å²) in [5.74, 6) is -1.62. The number of hydrogen-bond donors (Lipinski definition) is 2. The number of carbonyl (C=O) groups is 3. The van der Waals surface area contributed by atoms with Crippen LogP contribution >= 0.6 is 0 Å². The summed E-state index contributed by atoms with van der Waals surface area (Å²) in [6.45, 7) is 3.57. The van der Waals surface area contributed by atoms with Crippen molar-refractivity contribution < 1.29 is 29.0 Å². The van der Waals surface area contributed by atoms with Crippen LogP contribution in [-0.4, -0.2) is 61.3 Å². The van der Waals surface area contributed by atoms with Gasteiger partial charge in [-0.25, -0.2) is 9.59 Å². The highest BCUT2D eigenvalue weighted by Crippen LogP contribution is 2.27. The van der Waals surface area contributed by atoms with Gasteiger partial charge in [0, 0.05) is 6.54 Å². The highest BCUT2D eigenvalue weighted by atomic mass is 16.5. The van der Waals surface area contributed by atoms with Crippen molar-refractivity contribution in [3.05, 3.63) is 40.6 Å². The molecule has 2 rings (SSSR count). The van der Waals surface area contributed by atoms with Crippen molar-refractivity contribution in [2.24, 2.45) is 0 Å². The second-order valence-electron chi connectivity index (χ2n) is 5.64. The summed E-state index contributed by atoms with van der Waals surface area (Å²) in [7, 11) is 1.23. The Bertz CT molecular complexity index is 756. The van der Waals surface area contributed by atoms with Crippen molar-refractivity contribution in [2.45, 2.75) is 13.8 Å². The van der Waals surface area contributed by atoms with E-state index in [1.807, 2.05) is 0 Å². The highest BCUT2D eigenvalue weighted by Gasteiger charge is 2.35. The molecule has 2 N–H and O–H groups in total. The van der Waals surface area contributed by atoms with Gasteiger partial charge in [0.25, 0.3) is 5.91 Å². The number of nitrogens with one attached hydrogen (secondary N) is 1. The number of aliphatic hydroxyl groups excluding tert-OH is 1. The zero-order valence-corrected chi connectivity index (χ0v) is 15.0. The van der Waals surface area contributed by atoms with Crippen LogP contribution in [-0.2, 0) is 19.1 Å². The summed E-state index contributed by atoms with van der Waals surface area (Å²) in [6, 6.07) is 5.06. The Morgan fingerprint density at radius 1 is 1.31 bits per heavy atom. The molecular weight excluding hydrogens is 340 g/mol. The normalized spacial score (nSPS) is 13.8. The van der Waals surface area contributed by atoms with E-state index in [9.17, 15) is 14.4 Å². The lowest BCUT2D eigenvalue weighted by Crippen LogP contribution is -2.31. The van der Waals surface area contributed by atoms with Crippen molar-refractivity contribution in [3.63, 3.8) is 0 Å². The molecule has 0 aromatic heterocycles. The molecule has 0 saturated heterocycles. The van der Waals surface area contributed by atoms with E-state index in [0.717, 1.165) is 0 Å². The number of methoxy groups -OCH3 is 1. The Morgan fingerprint density at radius 3 is 2.65 bits per heavy atom. The first-order chi connectivity index (χ1) is 12.4. The number of anilines is 1. The van der Waals surface area contributed by atoms with E-state index < -0.39 is 17.8 Å². The van der Waals surface area contributed by atoms with Crippen molar-refractivity contribution in [2.75, 3.05) is 38.7 Å². The molecule has 0 fully saturated rings. The molecule has 0 aliphatic carbocycles. The number of nitrogens with zero attached hydrogens (tertiary/aromatic N) is 1. The Labute approximate surface area is 151 Å². The molecule has 0 spiro atoms. The maximum atomic E-state index is 12.6. The van der Waals surface area contributed by atoms with Crippen LogP contribution in [0.25, 0.3) is 0 Å². The molecule has 140 valence electrons. The molecule has 1 aliphatic rings. The summed E-state index contributed by atoms with van der Waals surface area (Å²) >= 11 is 0. The molecule has 8 heteroatoms. The van der Waals surface area contributed by atoms with Gasteiger partial charge >= 0.3 is 11.9 Å². The van der Waals surface area contributed by atoms with E-state index >= 15 is 0 Å². The lowest BCUT2D eigenvalue weighted by molar-refractivity contribution is -0.136. The number of ether oxygens (including phenoxy) is 2. The lowest BCUT2D eigenvalue weighted by Gasteiger charge is -2.17. The third-order valence-electron chi connectivity index (χ3n) is 3.97. The first-order valence-corrected chi connectivity index (χ1v) is 8.19. The highest BCUT2D eigenvalue weighted by molar-refractivity contribution is 6.09. The summed E-state index contributed by atoms with van der Waals surface area (Å²) < 4.78 is 9.81. The number of β-amino-alcohol motifs (C(OH)–C–C–N with tert-alkyl or cyclic N) is 1. The van der Waals surface area contributed by atoms with Crippen molar-refractivity contribution in [3.8, 4) is 0 Å². The first-order valence-electron chi connectivity index (χ1n) is 8.19. The van der Waals surface area contributed by atoms with E-state index in [1.165, 1.54) is 12.0 Å². The van der Waals surface area contributed by atoms with Crippen LogP contribution in [0.15, 0.2) is 29.5 Å². The number of aryl methyl sites for hydroxylation is 1. The third-order valence-corrected chi connectivity index (χ3v) is 3.97. The van der Waals surface area contributed by atoms with E-state index in [2.05, 4.69) is 5.32 Å². The summed E-state index contributed by atoms with van der Waals surface area (Å²) in [4.78, 5) is 38.2. The molecule has 1 heterocycles. The minimum absolute atomic E-state index is 0.0228. The van der Waals surface area contributed by atoms with Gasteiger partial charge in [0.2, 0.25) is 0 Å². The average molecular weight is 362 g/mol. The smallest absolute Gasteiger partial charge is 0.340 e. The molecule has 0 radical (unpaired) electrons. The predicted octanol–water partition coefficient (Wildman–Crippen LogP) is 0.845. The summed E-state index contributed by atoms with van der Waals surface area (Å²) in [5.41, 5.74) is 1.54. The Kier molecular flexibility index (Phi) is 6.35. The third kappa shape index (κ3) is 3.85. The fourth-order valence-electron chi connectivity index (χ4n) is 2.69.